The second-order valence-electron chi connectivity index (χ2n) is 8.12. The monoisotopic (exact) mass is 361 g/mol. The van der Waals surface area contributed by atoms with E-state index in [2.05, 4.69) is 50.9 Å². The average Bonchev–Trinajstić information content (AvgIpc) is 3.28. The smallest absolute Gasteiger partial charge is 0.122 e. The number of nitrogens with zero attached hydrogens (tertiary/aromatic N) is 2. The first-order valence-corrected chi connectivity index (χ1v) is 10.2. The third-order valence-electron chi connectivity index (χ3n) is 4.94. The number of aryl methyl sites for hydroxylation is 1. The van der Waals surface area contributed by atoms with E-state index in [1.54, 1.807) is 6.26 Å². The Hall–Kier alpha value is -1.17. The Morgan fingerprint density at radius 3 is 2.60 bits per heavy atom. The van der Waals surface area contributed by atoms with Crippen LogP contribution in [0, 0.1) is 6.92 Å². The molecular weight excluding hydrogens is 330 g/mol. The SMILES string of the molecule is Cc1nc(C(C)(C)C)sc1C(C)NCC(c1ccco1)N1CCCC1. The van der Waals surface area contributed by atoms with Crippen LogP contribution >= 0.6 is 11.3 Å². The van der Waals surface area contributed by atoms with Crippen molar-refractivity contribution in [3.63, 3.8) is 0 Å². The van der Waals surface area contributed by atoms with Crippen LogP contribution in [0.2, 0.25) is 0 Å². The molecule has 2 aromatic heterocycles. The second kappa shape index (κ2) is 7.60. The molecule has 0 aromatic carbocycles. The molecule has 1 saturated heterocycles. The normalized spacial score (nSPS) is 18.6. The lowest BCUT2D eigenvalue weighted by Crippen LogP contribution is -2.35. The first-order valence-electron chi connectivity index (χ1n) is 9.35. The largest absolute Gasteiger partial charge is 0.468 e. The van der Waals surface area contributed by atoms with E-state index in [0.717, 1.165) is 31.1 Å². The van der Waals surface area contributed by atoms with Crippen molar-refractivity contribution in [1.82, 2.24) is 15.2 Å². The van der Waals surface area contributed by atoms with Gasteiger partial charge in [-0.05, 0) is 51.9 Å². The maximum Gasteiger partial charge on any atom is 0.122 e. The molecule has 4 nitrogen and oxygen atoms in total. The molecule has 1 aliphatic rings. The number of hydrogen-bond donors (Lipinski definition) is 1. The van der Waals surface area contributed by atoms with Gasteiger partial charge in [0.05, 0.1) is 23.0 Å². The summed E-state index contributed by atoms with van der Waals surface area (Å²) in [6.45, 7) is 14.3. The zero-order chi connectivity index (χ0) is 18.0. The molecule has 1 fully saturated rings. The molecule has 2 atom stereocenters. The minimum Gasteiger partial charge on any atom is -0.468 e. The van der Waals surface area contributed by atoms with Gasteiger partial charge in [0.1, 0.15) is 5.76 Å². The number of likely N-dealkylation sites (tertiary alicyclic amines) is 1. The molecular formula is C20H31N3OS. The third kappa shape index (κ3) is 4.33. The van der Waals surface area contributed by atoms with Crippen molar-refractivity contribution in [2.45, 2.75) is 65.0 Å². The molecule has 2 aromatic rings. The highest BCUT2D eigenvalue weighted by atomic mass is 32.1. The predicted octanol–water partition coefficient (Wildman–Crippen LogP) is 4.83. The number of rotatable bonds is 6. The van der Waals surface area contributed by atoms with Crippen LogP contribution in [0.3, 0.4) is 0 Å². The number of hydrogen-bond acceptors (Lipinski definition) is 5. The Kier molecular flexibility index (Phi) is 5.66. The van der Waals surface area contributed by atoms with Gasteiger partial charge < -0.3 is 9.73 Å². The summed E-state index contributed by atoms with van der Waals surface area (Å²) in [7, 11) is 0. The highest BCUT2D eigenvalue weighted by Crippen LogP contribution is 2.33. The van der Waals surface area contributed by atoms with E-state index in [-0.39, 0.29) is 5.41 Å². The van der Waals surface area contributed by atoms with E-state index >= 15 is 0 Å². The van der Waals surface area contributed by atoms with Crippen LogP contribution in [0.25, 0.3) is 0 Å². The third-order valence-corrected chi connectivity index (χ3v) is 6.70. The second-order valence-corrected chi connectivity index (χ2v) is 9.15. The summed E-state index contributed by atoms with van der Waals surface area (Å²) in [4.78, 5) is 8.70. The summed E-state index contributed by atoms with van der Waals surface area (Å²) >= 11 is 1.85. The van der Waals surface area contributed by atoms with Gasteiger partial charge in [-0.2, -0.15) is 0 Å². The van der Waals surface area contributed by atoms with Gasteiger partial charge in [-0.25, -0.2) is 4.98 Å². The van der Waals surface area contributed by atoms with Gasteiger partial charge in [0, 0.05) is 22.9 Å². The first-order chi connectivity index (χ1) is 11.9. The molecule has 3 rings (SSSR count). The van der Waals surface area contributed by atoms with E-state index in [1.807, 2.05) is 17.4 Å². The molecule has 1 aliphatic heterocycles. The van der Waals surface area contributed by atoms with Crippen molar-refractivity contribution in [2.75, 3.05) is 19.6 Å². The number of nitrogens with one attached hydrogen (secondary N) is 1. The quantitative estimate of drug-likeness (QED) is 0.800. The van der Waals surface area contributed by atoms with Crippen LogP contribution in [-0.2, 0) is 5.41 Å². The maximum absolute atomic E-state index is 5.73. The molecule has 2 unspecified atom stereocenters. The van der Waals surface area contributed by atoms with E-state index in [9.17, 15) is 0 Å². The topological polar surface area (TPSA) is 41.3 Å². The Morgan fingerprint density at radius 1 is 1.32 bits per heavy atom. The van der Waals surface area contributed by atoms with Gasteiger partial charge in [-0.3, -0.25) is 4.90 Å². The minimum atomic E-state index is 0.111. The van der Waals surface area contributed by atoms with E-state index in [1.165, 1.54) is 22.7 Å². The van der Waals surface area contributed by atoms with Gasteiger partial charge in [0.15, 0.2) is 0 Å². The van der Waals surface area contributed by atoms with Gasteiger partial charge in [0.2, 0.25) is 0 Å². The number of furan rings is 1. The summed E-state index contributed by atoms with van der Waals surface area (Å²) in [6.07, 6.45) is 4.36. The Morgan fingerprint density at radius 2 is 2.04 bits per heavy atom. The Labute approximate surface area is 155 Å². The fourth-order valence-electron chi connectivity index (χ4n) is 3.46. The van der Waals surface area contributed by atoms with Crippen molar-refractivity contribution >= 4 is 11.3 Å². The molecule has 138 valence electrons. The number of thiazole rings is 1. The molecule has 0 radical (unpaired) electrons. The van der Waals surface area contributed by atoms with Crippen molar-refractivity contribution in [3.05, 3.63) is 39.7 Å². The van der Waals surface area contributed by atoms with Crippen LogP contribution in [0.1, 0.15) is 74.0 Å². The molecule has 25 heavy (non-hydrogen) atoms. The molecule has 1 N–H and O–H groups in total. The highest BCUT2D eigenvalue weighted by molar-refractivity contribution is 7.12. The lowest BCUT2D eigenvalue weighted by Gasteiger charge is -2.27. The van der Waals surface area contributed by atoms with Crippen LogP contribution in [0.15, 0.2) is 22.8 Å². The predicted molar refractivity (Wildman–Crippen MR) is 104 cm³/mol. The average molecular weight is 362 g/mol. The van der Waals surface area contributed by atoms with E-state index < -0.39 is 0 Å². The molecule has 0 saturated carbocycles. The van der Waals surface area contributed by atoms with Crippen LogP contribution in [0.4, 0.5) is 0 Å². The van der Waals surface area contributed by atoms with Crippen LogP contribution < -0.4 is 5.32 Å². The molecule has 0 spiro atoms. The molecule has 0 bridgehead atoms. The molecule has 0 amide bonds. The Balaban J connectivity index is 1.69. The van der Waals surface area contributed by atoms with Crippen molar-refractivity contribution in [2.24, 2.45) is 0 Å². The maximum atomic E-state index is 5.73. The minimum absolute atomic E-state index is 0.111. The fraction of sp³-hybridized carbons (Fsp3) is 0.650. The molecule has 3 heterocycles. The van der Waals surface area contributed by atoms with Crippen LogP contribution in [-0.4, -0.2) is 29.5 Å². The first kappa shape index (κ1) is 18.6. The van der Waals surface area contributed by atoms with Gasteiger partial charge in [0.25, 0.3) is 0 Å². The highest BCUT2D eigenvalue weighted by Gasteiger charge is 2.27. The Bertz CT molecular complexity index is 666. The van der Waals surface area contributed by atoms with Crippen molar-refractivity contribution in [3.8, 4) is 0 Å². The van der Waals surface area contributed by atoms with Crippen LogP contribution in [0.5, 0.6) is 0 Å². The van der Waals surface area contributed by atoms with Crippen molar-refractivity contribution < 1.29 is 4.42 Å². The van der Waals surface area contributed by atoms with Gasteiger partial charge in [-0.1, -0.05) is 20.8 Å². The number of aromatic nitrogens is 1. The van der Waals surface area contributed by atoms with Crippen molar-refractivity contribution in [1.29, 1.82) is 0 Å². The zero-order valence-corrected chi connectivity index (χ0v) is 16.9. The van der Waals surface area contributed by atoms with Gasteiger partial charge >= 0.3 is 0 Å². The summed E-state index contributed by atoms with van der Waals surface area (Å²) in [5, 5.41) is 4.96. The standard InChI is InChI=1S/C20H31N3OS/c1-14(18-15(2)22-19(25-18)20(3,4)5)21-13-16(17-9-8-12-24-17)23-10-6-7-11-23/h8-9,12,14,16,21H,6-7,10-11,13H2,1-5H3. The summed E-state index contributed by atoms with van der Waals surface area (Å²) in [6, 6.07) is 4.71. The fourth-order valence-corrected chi connectivity index (χ4v) is 4.61. The zero-order valence-electron chi connectivity index (χ0n) is 16.1. The van der Waals surface area contributed by atoms with Gasteiger partial charge in [-0.15, -0.1) is 11.3 Å². The molecule has 5 heteroatoms. The van der Waals surface area contributed by atoms with E-state index in [0.29, 0.717) is 12.1 Å². The van der Waals surface area contributed by atoms with E-state index in [4.69, 9.17) is 9.40 Å². The lowest BCUT2D eigenvalue weighted by molar-refractivity contribution is 0.206. The molecule has 0 aliphatic carbocycles. The summed E-state index contributed by atoms with van der Waals surface area (Å²) < 4.78 is 5.73. The summed E-state index contributed by atoms with van der Waals surface area (Å²) in [5.41, 5.74) is 1.27. The lowest BCUT2D eigenvalue weighted by atomic mass is 9.98. The summed E-state index contributed by atoms with van der Waals surface area (Å²) in [5.74, 6) is 1.07.